The van der Waals surface area contributed by atoms with Gasteiger partial charge in [0.25, 0.3) is 0 Å². The molecule has 126 valence electrons. The third kappa shape index (κ3) is 6.83. The summed E-state index contributed by atoms with van der Waals surface area (Å²) in [5.74, 6) is 1.68. The molecule has 1 atom stereocenters. The van der Waals surface area contributed by atoms with Crippen molar-refractivity contribution in [2.24, 2.45) is 11.8 Å². The van der Waals surface area contributed by atoms with E-state index in [-0.39, 0.29) is 0 Å². The van der Waals surface area contributed by atoms with Crippen LogP contribution in [0.1, 0.15) is 79.1 Å². The monoisotopic (exact) mass is 314 g/mol. The van der Waals surface area contributed by atoms with Crippen LogP contribution in [0.15, 0.2) is 0 Å². The minimum Gasteiger partial charge on any atom is -0.394 e. The molecule has 0 aromatic carbocycles. The van der Waals surface area contributed by atoms with Gasteiger partial charge >= 0.3 is 8.56 Å². The van der Waals surface area contributed by atoms with E-state index in [0.29, 0.717) is 0 Å². The number of unbranched alkanes of at least 4 members (excludes halogenated alkanes) is 1. The van der Waals surface area contributed by atoms with Gasteiger partial charge in [-0.3, -0.25) is 0 Å². The average molecular weight is 315 g/mol. The second-order valence-corrected chi connectivity index (χ2v) is 9.97. The molecule has 1 aliphatic carbocycles. The lowest BCUT2D eigenvalue weighted by Crippen LogP contribution is -2.45. The van der Waals surface area contributed by atoms with Crippen LogP contribution in [0.5, 0.6) is 0 Å². The van der Waals surface area contributed by atoms with Crippen LogP contribution in [0.3, 0.4) is 0 Å². The largest absolute Gasteiger partial charge is 0.394 e. The topological polar surface area (TPSA) is 18.5 Å². The van der Waals surface area contributed by atoms with E-state index >= 15 is 0 Å². The van der Waals surface area contributed by atoms with Crippen molar-refractivity contribution < 1.29 is 8.85 Å². The molecule has 0 aromatic rings. The van der Waals surface area contributed by atoms with E-state index in [2.05, 4.69) is 27.7 Å². The summed E-state index contributed by atoms with van der Waals surface area (Å²) in [5, 5.41) is 0. The molecule has 1 unspecified atom stereocenters. The molecular formula is C18H38O2Si. The number of hydrogen-bond acceptors (Lipinski definition) is 2. The van der Waals surface area contributed by atoms with Gasteiger partial charge in [0, 0.05) is 13.2 Å². The first-order valence-corrected chi connectivity index (χ1v) is 11.7. The van der Waals surface area contributed by atoms with Crippen molar-refractivity contribution in [2.75, 3.05) is 13.2 Å². The van der Waals surface area contributed by atoms with Gasteiger partial charge < -0.3 is 8.85 Å². The molecule has 0 heterocycles. The van der Waals surface area contributed by atoms with Gasteiger partial charge in [0.05, 0.1) is 0 Å². The van der Waals surface area contributed by atoms with E-state index < -0.39 is 8.56 Å². The first-order chi connectivity index (χ1) is 10.2. The predicted molar refractivity (Wildman–Crippen MR) is 93.9 cm³/mol. The van der Waals surface area contributed by atoms with Crippen LogP contribution >= 0.6 is 0 Å². The Labute approximate surface area is 134 Å². The standard InChI is InChI=1S/C18H38O2Si/c1-5-9-12-17(6-2)15-21(19-7-3,20-8-4)16-18-13-10-11-14-18/h17-18H,5-16H2,1-4H3. The van der Waals surface area contributed by atoms with Crippen molar-refractivity contribution in [3.8, 4) is 0 Å². The zero-order valence-corrected chi connectivity index (χ0v) is 16.0. The number of rotatable bonds is 12. The van der Waals surface area contributed by atoms with Crippen LogP contribution in [-0.2, 0) is 8.85 Å². The average Bonchev–Trinajstić information content (AvgIpc) is 2.96. The summed E-state index contributed by atoms with van der Waals surface area (Å²) in [5.41, 5.74) is 0. The Morgan fingerprint density at radius 2 is 1.62 bits per heavy atom. The second kappa shape index (κ2) is 10.8. The molecule has 0 aliphatic heterocycles. The van der Waals surface area contributed by atoms with E-state index in [0.717, 1.165) is 25.0 Å². The summed E-state index contributed by atoms with van der Waals surface area (Å²) < 4.78 is 12.7. The summed E-state index contributed by atoms with van der Waals surface area (Å²) in [6.07, 6.45) is 10.9. The normalized spacial score (nSPS) is 18.3. The molecule has 2 nitrogen and oxygen atoms in total. The van der Waals surface area contributed by atoms with E-state index in [1.54, 1.807) is 0 Å². The van der Waals surface area contributed by atoms with E-state index in [4.69, 9.17) is 8.85 Å². The van der Waals surface area contributed by atoms with Gasteiger partial charge in [0.15, 0.2) is 0 Å². The summed E-state index contributed by atoms with van der Waals surface area (Å²) in [7, 11) is -1.99. The fraction of sp³-hybridized carbons (Fsp3) is 1.00. The SMILES string of the molecule is CCCCC(CC)C[Si](CC1CCCC1)(OCC)OCC. The maximum atomic E-state index is 6.36. The molecule has 1 rings (SSSR count). The van der Waals surface area contributed by atoms with Crippen molar-refractivity contribution in [3.63, 3.8) is 0 Å². The highest BCUT2D eigenvalue weighted by molar-refractivity contribution is 6.67. The Hall–Kier alpha value is 0.137. The molecule has 1 fully saturated rings. The van der Waals surface area contributed by atoms with Gasteiger partial charge in [-0.05, 0) is 37.8 Å². The maximum Gasteiger partial charge on any atom is 0.338 e. The Morgan fingerprint density at radius 1 is 1.00 bits per heavy atom. The summed E-state index contributed by atoms with van der Waals surface area (Å²) in [6.45, 7) is 10.6. The first kappa shape index (κ1) is 19.2. The Kier molecular flexibility index (Phi) is 9.86. The molecule has 1 aliphatic rings. The van der Waals surface area contributed by atoms with Crippen molar-refractivity contribution in [3.05, 3.63) is 0 Å². The quantitative estimate of drug-likeness (QED) is 0.417. The Bertz CT molecular complexity index is 246. The summed E-state index contributed by atoms with van der Waals surface area (Å²) in [6, 6.07) is 2.47. The van der Waals surface area contributed by atoms with Gasteiger partial charge in [0.1, 0.15) is 0 Å². The highest BCUT2D eigenvalue weighted by Crippen LogP contribution is 2.37. The highest BCUT2D eigenvalue weighted by atomic mass is 28.4. The van der Waals surface area contributed by atoms with Crippen molar-refractivity contribution in [1.29, 1.82) is 0 Å². The van der Waals surface area contributed by atoms with Crippen LogP contribution in [0.25, 0.3) is 0 Å². The summed E-state index contributed by atoms with van der Waals surface area (Å²) >= 11 is 0. The number of hydrogen-bond donors (Lipinski definition) is 0. The third-order valence-corrected chi connectivity index (χ3v) is 9.06. The lowest BCUT2D eigenvalue weighted by atomic mass is 10.0. The van der Waals surface area contributed by atoms with Crippen molar-refractivity contribution >= 4 is 8.56 Å². The molecule has 3 heteroatoms. The van der Waals surface area contributed by atoms with Crippen LogP contribution in [0.4, 0.5) is 0 Å². The molecule has 0 aromatic heterocycles. The molecule has 1 saturated carbocycles. The minimum atomic E-state index is -1.99. The van der Waals surface area contributed by atoms with Gasteiger partial charge in [-0.15, -0.1) is 0 Å². The van der Waals surface area contributed by atoms with Crippen molar-refractivity contribution in [1.82, 2.24) is 0 Å². The Balaban J connectivity index is 2.70. The molecule has 21 heavy (non-hydrogen) atoms. The molecule has 0 radical (unpaired) electrons. The zero-order valence-electron chi connectivity index (χ0n) is 15.0. The molecule has 0 spiro atoms. The fourth-order valence-electron chi connectivity index (χ4n) is 3.92. The molecular weight excluding hydrogens is 276 g/mol. The summed E-state index contributed by atoms with van der Waals surface area (Å²) in [4.78, 5) is 0. The van der Waals surface area contributed by atoms with Crippen LogP contribution in [0, 0.1) is 11.8 Å². The lowest BCUT2D eigenvalue weighted by molar-refractivity contribution is 0.170. The van der Waals surface area contributed by atoms with Crippen LogP contribution in [0.2, 0.25) is 12.1 Å². The smallest absolute Gasteiger partial charge is 0.338 e. The molecule has 0 amide bonds. The van der Waals surface area contributed by atoms with Crippen LogP contribution < -0.4 is 0 Å². The lowest BCUT2D eigenvalue weighted by Gasteiger charge is -2.35. The van der Waals surface area contributed by atoms with E-state index in [9.17, 15) is 0 Å². The molecule has 0 saturated heterocycles. The molecule has 0 bridgehead atoms. The van der Waals surface area contributed by atoms with Gasteiger partial charge in [0.2, 0.25) is 0 Å². The fourth-order valence-corrected chi connectivity index (χ4v) is 8.36. The predicted octanol–water partition coefficient (Wildman–Crippen LogP) is 5.91. The van der Waals surface area contributed by atoms with Crippen molar-refractivity contribution in [2.45, 2.75) is 91.1 Å². The minimum absolute atomic E-state index is 0.802. The third-order valence-electron chi connectivity index (χ3n) is 5.03. The van der Waals surface area contributed by atoms with E-state index in [1.807, 2.05) is 0 Å². The van der Waals surface area contributed by atoms with E-state index in [1.165, 1.54) is 63.5 Å². The van der Waals surface area contributed by atoms with Gasteiger partial charge in [-0.2, -0.15) is 0 Å². The molecule has 0 N–H and O–H groups in total. The first-order valence-electron chi connectivity index (χ1n) is 9.47. The highest BCUT2D eigenvalue weighted by Gasteiger charge is 2.41. The zero-order chi connectivity index (χ0) is 15.6. The van der Waals surface area contributed by atoms with Gasteiger partial charge in [-0.1, -0.05) is 65.2 Å². The van der Waals surface area contributed by atoms with Crippen LogP contribution in [-0.4, -0.2) is 21.8 Å². The second-order valence-electron chi connectivity index (χ2n) is 6.75. The maximum absolute atomic E-state index is 6.36. The Morgan fingerprint density at radius 3 is 2.10 bits per heavy atom. The van der Waals surface area contributed by atoms with Gasteiger partial charge in [-0.25, -0.2) is 0 Å².